The number of carbonyl (C=O) groups is 1. The zero-order valence-corrected chi connectivity index (χ0v) is 12.9. The predicted molar refractivity (Wildman–Crippen MR) is 78.6 cm³/mol. The van der Waals surface area contributed by atoms with Crippen LogP contribution in [0.3, 0.4) is 0 Å². The van der Waals surface area contributed by atoms with Crippen LogP contribution in [-0.2, 0) is 14.8 Å². The number of nitrogens with one attached hydrogen (secondary N) is 1. The highest BCUT2D eigenvalue weighted by Gasteiger charge is 2.35. The Balaban J connectivity index is 2.23. The van der Waals surface area contributed by atoms with Crippen LogP contribution in [-0.4, -0.2) is 43.7 Å². The van der Waals surface area contributed by atoms with Crippen molar-refractivity contribution < 1.29 is 18.1 Å². The summed E-state index contributed by atoms with van der Waals surface area (Å²) < 4.78 is 26.4. The topological polar surface area (TPSA) is 110 Å². The van der Waals surface area contributed by atoms with Gasteiger partial charge in [0.25, 0.3) is 5.69 Å². The molecule has 0 aromatic heterocycles. The summed E-state index contributed by atoms with van der Waals surface area (Å²) in [6.45, 7) is 0.346. The highest BCUT2D eigenvalue weighted by atomic mass is 32.2. The van der Waals surface area contributed by atoms with E-state index in [0.29, 0.717) is 12.8 Å². The summed E-state index contributed by atoms with van der Waals surface area (Å²) in [5.41, 5.74) is -0.434. The molecule has 0 unspecified atom stereocenters. The fourth-order valence-electron chi connectivity index (χ4n) is 2.53. The lowest BCUT2D eigenvalue weighted by Crippen LogP contribution is -2.42. The molecule has 0 radical (unpaired) electrons. The molecule has 1 fully saturated rings. The first-order valence-corrected chi connectivity index (χ1v) is 8.27. The summed E-state index contributed by atoms with van der Waals surface area (Å²) in [5.74, 6) is -0.329. The lowest BCUT2D eigenvalue weighted by Gasteiger charge is -2.30. The smallest absolute Gasteiger partial charge is 0.289 e. The van der Waals surface area contributed by atoms with Crippen LogP contribution in [0.2, 0.25) is 0 Å². The quantitative estimate of drug-likeness (QED) is 0.648. The highest BCUT2D eigenvalue weighted by molar-refractivity contribution is 7.89. The molecular formula is C13H17N3O5S. The van der Waals surface area contributed by atoms with Crippen molar-refractivity contribution in [1.29, 1.82) is 0 Å². The molecule has 22 heavy (non-hydrogen) atoms. The second kappa shape index (κ2) is 6.41. The standard InChI is InChI=1S/C13H17N3O5S/c1-14-13(17)10-6-8-15(9-7-10)22(20,21)12-5-3-2-4-11(12)16(18)19/h2-5,10H,6-9H2,1H3,(H,14,17). The number of sulfonamides is 1. The van der Waals surface area contributed by atoms with Gasteiger partial charge in [-0.1, -0.05) is 12.1 Å². The number of rotatable bonds is 4. The number of amides is 1. The van der Waals surface area contributed by atoms with Crippen LogP contribution >= 0.6 is 0 Å². The van der Waals surface area contributed by atoms with E-state index in [2.05, 4.69) is 5.32 Å². The van der Waals surface area contributed by atoms with Crippen LogP contribution in [0.25, 0.3) is 0 Å². The number of carbonyl (C=O) groups excluding carboxylic acids is 1. The van der Waals surface area contributed by atoms with E-state index >= 15 is 0 Å². The Morgan fingerprint density at radius 2 is 1.91 bits per heavy atom. The number of hydrogen-bond donors (Lipinski definition) is 1. The normalized spacial score (nSPS) is 17.1. The molecule has 1 amide bonds. The summed E-state index contributed by atoms with van der Waals surface area (Å²) in [6, 6.07) is 5.29. The second-order valence-corrected chi connectivity index (χ2v) is 6.92. The number of para-hydroxylation sites is 1. The van der Waals surface area contributed by atoms with Gasteiger partial charge in [-0.2, -0.15) is 4.31 Å². The molecule has 120 valence electrons. The van der Waals surface area contributed by atoms with Crippen LogP contribution in [0.5, 0.6) is 0 Å². The van der Waals surface area contributed by atoms with Crippen molar-refractivity contribution in [1.82, 2.24) is 9.62 Å². The van der Waals surface area contributed by atoms with Gasteiger partial charge in [-0.05, 0) is 18.9 Å². The summed E-state index contributed by atoms with van der Waals surface area (Å²) >= 11 is 0. The Labute approximate surface area is 128 Å². The van der Waals surface area contributed by atoms with Gasteiger partial charge in [0.05, 0.1) is 4.92 Å². The van der Waals surface area contributed by atoms with Gasteiger partial charge in [0.15, 0.2) is 4.90 Å². The number of piperidine rings is 1. The molecule has 1 heterocycles. The fraction of sp³-hybridized carbons (Fsp3) is 0.462. The predicted octanol–water partition coefficient (Wildman–Crippen LogP) is 0.741. The molecule has 1 aliphatic heterocycles. The molecule has 1 aromatic carbocycles. The maximum Gasteiger partial charge on any atom is 0.289 e. The SMILES string of the molecule is CNC(=O)C1CCN(S(=O)(=O)c2ccccc2[N+](=O)[O-])CC1. The van der Waals surface area contributed by atoms with Crippen LogP contribution in [0.4, 0.5) is 5.69 Å². The number of benzene rings is 1. The van der Waals surface area contributed by atoms with Gasteiger partial charge in [0, 0.05) is 32.1 Å². The first-order chi connectivity index (χ1) is 10.4. The zero-order chi connectivity index (χ0) is 16.3. The summed E-state index contributed by atoms with van der Waals surface area (Å²) in [5, 5.41) is 13.5. The minimum Gasteiger partial charge on any atom is -0.359 e. The van der Waals surface area contributed by atoms with E-state index < -0.39 is 20.6 Å². The molecule has 8 nitrogen and oxygen atoms in total. The van der Waals surface area contributed by atoms with Gasteiger partial charge >= 0.3 is 0 Å². The van der Waals surface area contributed by atoms with Crippen molar-refractivity contribution in [2.75, 3.05) is 20.1 Å². The molecule has 0 saturated carbocycles. The maximum absolute atomic E-state index is 12.6. The Morgan fingerprint density at radius 1 is 1.32 bits per heavy atom. The number of hydrogen-bond acceptors (Lipinski definition) is 5. The van der Waals surface area contributed by atoms with Crippen LogP contribution in [0.15, 0.2) is 29.2 Å². The molecular weight excluding hydrogens is 310 g/mol. The Morgan fingerprint density at radius 3 is 2.45 bits per heavy atom. The van der Waals surface area contributed by atoms with Crippen molar-refractivity contribution in [3.05, 3.63) is 34.4 Å². The third kappa shape index (κ3) is 3.09. The molecule has 0 bridgehead atoms. The molecule has 2 rings (SSSR count). The van der Waals surface area contributed by atoms with E-state index in [1.807, 2.05) is 0 Å². The van der Waals surface area contributed by atoms with Crippen molar-refractivity contribution in [3.63, 3.8) is 0 Å². The second-order valence-electron chi connectivity index (χ2n) is 5.02. The number of nitrogens with zero attached hydrogens (tertiary/aromatic N) is 2. The molecule has 0 spiro atoms. The van der Waals surface area contributed by atoms with Gasteiger partial charge in [0.1, 0.15) is 0 Å². The van der Waals surface area contributed by atoms with E-state index in [4.69, 9.17) is 0 Å². The lowest BCUT2D eigenvalue weighted by atomic mass is 9.97. The van der Waals surface area contributed by atoms with Crippen molar-refractivity contribution >= 4 is 21.6 Å². The molecule has 9 heteroatoms. The Kier molecular flexibility index (Phi) is 4.77. The van der Waals surface area contributed by atoms with E-state index in [1.165, 1.54) is 28.6 Å². The van der Waals surface area contributed by atoms with E-state index in [0.717, 1.165) is 0 Å². The van der Waals surface area contributed by atoms with Gasteiger partial charge in [0.2, 0.25) is 15.9 Å². The summed E-state index contributed by atoms with van der Waals surface area (Å²) in [6.07, 6.45) is 0.805. The fourth-order valence-corrected chi connectivity index (χ4v) is 4.15. The minimum atomic E-state index is -3.93. The van der Waals surface area contributed by atoms with Gasteiger partial charge in [-0.3, -0.25) is 14.9 Å². The highest BCUT2D eigenvalue weighted by Crippen LogP contribution is 2.29. The van der Waals surface area contributed by atoms with Crippen molar-refractivity contribution in [2.45, 2.75) is 17.7 Å². The van der Waals surface area contributed by atoms with Gasteiger partial charge in [-0.15, -0.1) is 0 Å². The molecule has 0 atom stereocenters. The molecule has 1 aromatic rings. The van der Waals surface area contributed by atoms with Crippen LogP contribution in [0, 0.1) is 16.0 Å². The monoisotopic (exact) mass is 327 g/mol. The van der Waals surface area contributed by atoms with E-state index in [1.54, 1.807) is 7.05 Å². The summed E-state index contributed by atoms with van der Waals surface area (Å²) in [4.78, 5) is 21.6. The van der Waals surface area contributed by atoms with Crippen molar-refractivity contribution in [2.24, 2.45) is 5.92 Å². The number of nitro groups is 1. The van der Waals surface area contributed by atoms with Gasteiger partial charge in [-0.25, -0.2) is 8.42 Å². The number of nitro benzene ring substituents is 1. The molecule has 1 saturated heterocycles. The van der Waals surface area contributed by atoms with E-state index in [-0.39, 0.29) is 29.8 Å². The first kappa shape index (κ1) is 16.4. The average molecular weight is 327 g/mol. The van der Waals surface area contributed by atoms with Crippen LogP contribution < -0.4 is 5.32 Å². The van der Waals surface area contributed by atoms with Gasteiger partial charge < -0.3 is 5.32 Å². The maximum atomic E-state index is 12.6. The largest absolute Gasteiger partial charge is 0.359 e. The van der Waals surface area contributed by atoms with Crippen molar-refractivity contribution in [3.8, 4) is 0 Å². The molecule has 1 aliphatic rings. The lowest BCUT2D eigenvalue weighted by molar-refractivity contribution is -0.387. The first-order valence-electron chi connectivity index (χ1n) is 6.83. The molecule has 1 N–H and O–H groups in total. The average Bonchev–Trinajstić information content (AvgIpc) is 2.54. The minimum absolute atomic E-state index is 0.109. The third-order valence-electron chi connectivity index (χ3n) is 3.75. The Hall–Kier alpha value is -2.00. The summed E-state index contributed by atoms with van der Waals surface area (Å²) in [7, 11) is -2.39. The molecule has 0 aliphatic carbocycles. The zero-order valence-electron chi connectivity index (χ0n) is 12.1. The Bertz CT molecular complexity index is 681. The van der Waals surface area contributed by atoms with E-state index in [9.17, 15) is 23.3 Å². The third-order valence-corrected chi connectivity index (χ3v) is 5.70. The van der Waals surface area contributed by atoms with Crippen LogP contribution in [0.1, 0.15) is 12.8 Å².